The molecule has 1 saturated heterocycles. The Balaban J connectivity index is 1.90. The molecule has 2 rings (SSSR count). The van der Waals surface area contributed by atoms with Crippen LogP contribution in [0.4, 0.5) is 0 Å². The highest BCUT2D eigenvalue weighted by molar-refractivity contribution is 5.23. The molecule has 0 aliphatic carbocycles. The van der Waals surface area contributed by atoms with Gasteiger partial charge in [0.2, 0.25) is 0 Å². The summed E-state index contributed by atoms with van der Waals surface area (Å²) in [6.07, 6.45) is 2.93. The molecule has 0 aromatic heterocycles. The highest BCUT2D eigenvalue weighted by atomic mass is 15.1. The van der Waals surface area contributed by atoms with Crippen molar-refractivity contribution in [3.8, 4) is 6.07 Å². The first-order valence-electron chi connectivity index (χ1n) is 7.02. The molecule has 2 N–H and O–H groups in total. The fourth-order valence-electron chi connectivity index (χ4n) is 2.73. The van der Waals surface area contributed by atoms with Gasteiger partial charge in [0.15, 0.2) is 0 Å². The molecule has 1 aromatic carbocycles. The number of hydrogen-bond acceptors (Lipinski definition) is 3. The van der Waals surface area contributed by atoms with Crippen LogP contribution in [0.3, 0.4) is 0 Å². The zero-order chi connectivity index (χ0) is 13.7. The molecule has 0 saturated carbocycles. The largest absolute Gasteiger partial charge is 0.326 e. The van der Waals surface area contributed by atoms with Gasteiger partial charge in [-0.25, -0.2) is 0 Å². The van der Waals surface area contributed by atoms with Crippen molar-refractivity contribution < 1.29 is 0 Å². The van der Waals surface area contributed by atoms with Crippen LogP contribution in [-0.4, -0.2) is 18.0 Å². The standard InChI is InChI=1S/C16H23N3/c1-16(5-8-17)6-9-19(10-7-16)13-15-4-2-3-14(11-15)12-18/h2-4,11H,5-7,9-10,12-13,18H2,1H3. The Hall–Kier alpha value is -1.37. The van der Waals surface area contributed by atoms with Crippen LogP contribution in [0.15, 0.2) is 24.3 Å². The Morgan fingerprint density at radius 2 is 2.00 bits per heavy atom. The molecule has 0 bridgehead atoms. The fourth-order valence-corrected chi connectivity index (χ4v) is 2.73. The number of nitrogens with two attached hydrogens (primary N) is 1. The van der Waals surface area contributed by atoms with Gasteiger partial charge in [0.05, 0.1) is 6.07 Å². The fraction of sp³-hybridized carbons (Fsp3) is 0.562. The van der Waals surface area contributed by atoms with Gasteiger partial charge in [-0.05, 0) is 42.5 Å². The van der Waals surface area contributed by atoms with E-state index in [9.17, 15) is 0 Å². The van der Waals surface area contributed by atoms with Gasteiger partial charge in [-0.1, -0.05) is 31.2 Å². The smallest absolute Gasteiger partial charge is 0.0627 e. The molecule has 3 heteroatoms. The lowest BCUT2D eigenvalue weighted by atomic mass is 9.78. The summed E-state index contributed by atoms with van der Waals surface area (Å²) < 4.78 is 0. The van der Waals surface area contributed by atoms with Crippen molar-refractivity contribution in [3.63, 3.8) is 0 Å². The summed E-state index contributed by atoms with van der Waals surface area (Å²) in [6.45, 7) is 6.02. The van der Waals surface area contributed by atoms with Gasteiger partial charge >= 0.3 is 0 Å². The minimum atomic E-state index is 0.227. The van der Waals surface area contributed by atoms with E-state index in [4.69, 9.17) is 11.0 Å². The van der Waals surface area contributed by atoms with E-state index in [0.29, 0.717) is 13.0 Å². The third kappa shape index (κ3) is 3.79. The second-order valence-corrected chi connectivity index (χ2v) is 5.95. The van der Waals surface area contributed by atoms with Crippen molar-refractivity contribution in [2.75, 3.05) is 13.1 Å². The summed E-state index contributed by atoms with van der Waals surface area (Å²) in [5, 5.41) is 8.87. The van der Waals surface area contributed by atoms with Crippen LogP contribution in [0, 0.1) is 16.7 Å². The first-order valence-corrected chi connectivity index (χ1v) is 7.02. The van der Waals surface area contributed by atoms with Crippen molar-refractivity contribution in [3.05, 3.63) is 35.4 Å². The predicted molar refractivity (Wildman–Crippen MR) is 77.2 cm³/mol. The molecule has 1 aliphatic rings. The first-order chi connectivity index (χ1) is 9.15. The molecule has 1 fully saturated rings. The van der Waals surface area contributed by atoms with E-state index in [1.54, 1.807) is 0 Å². The van der Waals surface area contributed by atoms with Gasteiger partial charge in [-0.3, -0.25) is 4.90 Å². The van der Waals surface area contributed by atoms with Crippen LogP contribution in [0.2, 0.25) is 0 Å². The predicted octanol–water partition coefficient (Wildman–Crippen LogP) is 2.66. The van der Waals surface area contributed by atoms with Gasteiger partial charge in [0.1, 0.15) is 0 Å². The molecule has 19 heavy (non-hydrogen) atoms. The molecular formula is C16H23N3. The minimum Gasteiger partial charge on any atom is -0.326 e. The quantitative estimate of drug-likeness (QED) is 0.902. The third-order valence-electron chi connectivity index (χ3n) is 4.20. The van der Waals surface area contributed by atoms with E-state index in [-0.39, 0.29) is 5.41 Å². The van der Waals surface area contributed by atoms with Gasteiger partial charge in [0, 0.05) is 19.5 Å². The van der Waals surface area contributed by atoms with E-state index in [2.05, 4.69) is 42.2 Å². The normalized spacial score (nSPS) is 19.0. The van der Waals surface area contributed by atoms with Crippen molar-refractivity contribution >= 4 is 0 Å². The van der Waals surface area contributed by atoms with E-state index in [0.717, 1.165) is 32.5 Å². The lowest BCUT2D eigenvalue weighted by molar-refractivity contribution is 0.116. The Bertz CT molecular complexity index is 453. The lowest BCUT2D eigenvalue weighted by Gasteiger charge is -2.38. The van der Waals surface area contributed by atoms with E-state index in [1.807, 2.05) is 0 Å². The van der Waals surface area contributed by atoms with E-state index in [1.165, 1.54) is 11.1 Å². The molecule has 1 heterocycles. The number of benzene rings is 1. The van der Waals surface area contributed by atoms with Crippen LogP contribution >= 0.6 is 0 Å². The highest BCUT2D eigenvalue weighted by Crippen LogP contribution is 2.34. The van der Waals surface area contributed by atoms with Crippen LogP contribution in [-0.2, 0) is 13.1 Å². The Kier molecular flexibility index (Phi) is 4.57. The molecule has 102 valence electrons. The summed E-state index contributed by atoms with van der Waals surface area (Å²) in [5.74, 6) is 0. The van der Waals surface area contributed by atoms with Crippen molar-refractivity contribution in [2.24, 2.45) is 11.1 Å². The van der Waals surface area contributed by atoms with Crippen molar-refractivity contribution in [1.82, 2.24) is 4.90 Å². The summed E-state index contributed by atoms with van der Waals surface area (Å²) in [6, 6.07) is 10.8. The molecule has 0 amide bonds. The summed E-state index contributed by atoms with van der Waals surface area (Å²) >= 11 is 0. The van der Waals surface area contributed by atoms with Crippen molar-refractivity contribution in [2.45, 2.75) is 39.3 Å². The average molecular weight is 257 g/mol. The minimum absolute atomic E-state index is 0.227. The molecule has 0 spiro atoms. The monoisotopic (exact) mass is 257 g/mol. The van der Waals surface area contributed by atoms with Gasteiger partial charge in [-0.15, -0.1) is 0 Å². The maximum Gasteiger partial charge on any atom is 0.0627 e. The number of hydrogen-bond donors (Lipinski definition) is 1. The van der Waals surface area contributed by atoms with Gasteiger partial charge < -0.3 is 5.73 Å². The molecule has 3 nitrogen and oxygen atoms in total. The topological polar surface area (TPSA) is 53.0 Å². The van der Waals surface area contributed by atoms with Gasteiger partial charge in [-0.2, -0.15) is 5.26 Å². The lowest BCUT2D eigenvalue weighted by Crippen LogP contribution is -2.38. The third-order valence-corrected chi connectivity index (χ3v) is 4.20. The molecule has 0 radical (unpaired) electrons. The molecule has 1 aromatic rings. The molecule has 1 aliphatic heterocycles. The summed E-state index contributed by atoms with van der Waals surface area (Å²) in [4.78, 5) is 2.48. The van der Waals surface area contributed by atoms with E-state index < -0.39 is 0 Å². The number of piperidine rings is 1. The zero-order valence-electron chi connectivity index (χ0n) is 11.7. The first kappa shape index (κ1) is 14.0. The molecule has 0 unspecified atom stereocenters. The average Bonchev–Trinajstić information content (AvgIpc) is 2.42. The number of likely N-dealkylation sites (tertiary alicyclic amines) is 1. The Morgan fingerprint density at radius 3 is 2.63 bits per heavy atom. The highest BCUT2D eigenvalue weighted by Gasteiger charge is 2.29. The van der Waals surface area contributed by atoms with Crippen LogP contribution in [0.25, 0.3) is 0 Å². The molecule has 0 atom stereocenters. The number of rotatable bonds is 4. The van der Waals surface area contributed by atoms with Crippen molar-refractivity contribution in [1.29, 1.82) is 5.26 Å². The number of nitriles is 1. The summed E-state index contributed by atoms with van der Waals surface area (Å²) in [7, 11) is 0. The van der Waals surface area contributed by atoms with Gasteiger partial charge in [0.25, 0.3) is 0 Å². The maximum atomic E-state index is 8.87. The summed E-state index contributed by atoms with van der Waals surface area (Å²) in [5.41, 5.74) is 8.44. The molecular weight excluding hydrogens is 234 g/mol. The SMILES string of the molecule is CC1(CC#N)CCN(Cc2cccc(CN)c2)CC1. The Morgan fingerprint density at radius 1 is 1.32 bits per heavy atom. The Labute approximate surface area is 116 Å². The van der Waals surface area contributed by atoms with E-state index >= 15 is 0 Å². The second kappa shape index (κ2) is 6.18. The van der Waals surface area contributed by atoms with Crippen LogP contribution < -0.4 is 5.73 Å². The van der Waals surface area contributed by atoms with Crippen LogP contribution in [0.5, 0.6) is 0 Å². The second-order valence-electron chi connectivity index (χ2n) is 5.95. The zero-order valence-corrected chi connectivity index (χ0v) is 11.7. The number of nitrogens with zero attached hydrogens (tertiary/aromatic N) is 2. The maximum absolute atomic E-state index is 8.87. The van der Waals surface area contributed by atoms with Crippen LogP contribution in [0.1, 0.15) is 37.3 Å².